The zero-order chi connectivity index (χ0) is 13.8. The lowest BCUT2D eigenvalue weighted by atomic mass is 9.96. The number of hydrogen-bond acceptors (Lipinski definition) is 3. The average Bonchev–Trinajstić information content (AvgIpc) is 2.77. The van der Waals surface area contributed by atoms with Crippen molar-refractivity contribution in [2.45, 2.75) is 13.0 Å². The summed E-state index contributed by atoms with van der Waals surface area (Å²) in [5.41, 5.74) is 0.630. The molecule has 6 heteroatoms. The van der Waals surface area contributed by atoms with Crippen LogP contribution in [0.2, 0.25) is 0 Å². The number of carboxylic acids is 1. The minimum absolute atomic E-state index is 0.0391. The van der Waals surface area contributed by atoms with Crippen LogP contribution in [-0.4, -0.2) is 53.3 Å². The van der Waals surface area contributed by atoms with Gasteiger partial charge < -0.3 is 19.3 Å². The van der Waals surface area contributed by atoms with Crippen LogP contribution in [0.15, 0.2) is 18.3 Å². The Morgan fingerprint density at radius 3 is 2.84 bits per heavy atom. The number of amides is 1. The third-order valence-electron chi connectivity index (χ3n) is 3.29. The minimum Gasteiger partial charge on any atom is -0.481 e. The third kappa shape index (κ3) is 3.14. The van der Waals surface area contributed by atoms with Gasteiger partial charge in [0.2, 0.25) is 0 Å². The number of hydrogen-bond donors (Lipinski definition) is 1. The summed E-state index contributed by atoms with van der Waals surface area (Å²) >= 11 is 0. The lowest BCUT2D eigenvalue weighted by Gasteiger charge is -2.38. The fraction of sp³-hybridized carbons (Fsp3) is 0.538. The molecule has 2 rings (SSSR count). The monoisotopic (exact) mass is 266 g/mol. The molecule has 2 heterocycles. The van der Waals surface area contributed by atoms with Crippen LogP contribution in [0.25, 0.3) is 0 Å². The Labute approximate surface area is 111 Å². The second-order valence-corrected chi connectivity index (χ2v) is 4.75. The van der Waals surface area contributed by atoms with E-state index in [0.29, 0.717) is 31.9 Å². The number of aromatic nitrogens is 1. The van der Waals surface area contributed by atoms with Crippen LogP contribution in [-0.2, 0) is 16.1 Å². The summed E-state index contributed by atoms with van der Waals surface area (Å²) in [7, 11) is 1.62. The molecule has 0 aliphatic carbocycles. The molecule has 1 aromatic heterocycles. The molecule has 1 aromatic rings. The van der Waals surface area contributed by atoms with E-state index in [1.54, 1.807) is 18.1 Å². The summed E-state index contributed by atoms with van der Waals surface area (Å²) in [5.74, 6) is -0.757. The first kappa shape index (κ1) is 13.6. The zero-order valence-corrected chi connectivity index (χ0v) is 10.9. The molecule has 1 fully saturated rings. The van der Waals surface area contributed by atoms with Gasteiger partial charge in [-0.2, -0.15) is 0 Å². The summed E-state index contributed by atoms with van der Waals surface area (Å²) in [5, 5.41) is 8.68. The Hall–Kier alpha value is -1.82. The number of carbonyl (C=O) groups excluding carboxylic acids is 1. The van der Waals surface area contributed by atoms with Gasteiger partial charge in [0.15, 0.2) is 0 Å². The van der Waals surface area contributed by atoms with E-state index in [0.717, 1.165) is 0 Å². The second-order valence-electron chi connectivity index (χ2n) is 4.75. The predicted octanol–water partition coefficient (Wildman–Crippen LogP) is 0.681. The number of ether oxygens (including phenoxy) is 1. The molecule has 0 atom stereocenters. The Balaban J connectivity index is 1.91. The Kier molecular flexibility index (Phi) is 4.21. The number of nitrogens with zero attached hydrogens (tertiary/aromatic N) is 2. The molecule has 0 aromatic carbocycles. The maximum atomic E-state index is 12.2. The van der Waals surface area contributed by atoms with Crippen molar-refractivity contribution in [2.24, 2.45) is 5.92 Å². The maximum absolute atomic E-state index is 12.2. The summed E-state index contributed by atoms with van der Waals surface area (Å²) in [6.45, 7) is 2.24. The highest BCUT2D eigenvalue weighted by atomic mass is 16.5. The molecule has 19 heavy (non-hydrogen) atoms. The van der Waals surface area contributed by atoms with Crippen LogP contribution in [0.1, 0.15) is 16.9 Å². The maximum Gasteiger partial charge on any atom is 0.303 e. The van der Waals surface area contributed by atoms with Gasteiger partial charge >= 0.3 is 5.97 Å². The quantitative estimate of drug-likeness (QED) is 0.822. The molecule has 104 valence electrons. The molecule has 1 aliphatic heterocycles. The fourth-order valence-electron chi connectivity index (χ4n) is 2.27. The van der Waals surface area contributed by atoms with Gasteiger partial charge in [-0.25, -0.2) is 0 Å². The van der Waals surface area contributed by atoms with Gasteiger partial charge in [-0.3, -0.25) is 9.59 Å². The summed E-state index contributed by atoms with van der Waals surface area (Å²) in [6, 6.07) is 3.61. The Morgan fingerprint density at radius 1 is 1.47 bits per heavy atom. The number of carbonyl (C=O) groups is 2. The van der Waals surface area contributed by atoms with Crippen molar-refractivity contribution < 1.29 is 19.4 Å². The van der Waals surface area contributed by atoms with Crippen molar-refractivity contribution in [3.05, 3.63) is 24.0 Å². The molecule has 0 unspecified atom stereocenters. The normalized spacial score (nSPS) is 15.3. The van der Waals surface area contributed by atoms with E-state index in [4.69, 9.17) is 9.84 Å². The summed E-state index contributed by atoms with van der Waals surface area (Å²) < 4.78 is 6.86. The van der Waals surface area contributed by atoms with Gasteiger partial charge in [-0.1, -0.05) is 0 Å². The van der Waals surface area contributed by atoms with E-state index < -0.39 is 5.97 Å². The molecule has 6 nitrogen and oxygen atoms in total. The molecular weight excluding hydrogens is 248 g/mol. The van der Waals surface area contributed by atoms with Crippen molar-refractivity contribution in [1.82, 2.24) is 9.47 Å². The van der Waals surface area contributed by atoms with Crippen molar-refractivity contribution in [2.75, 3.05) is 26.8 Å². The van der Waals surface area contributed by atoms with E-state index in [1.165, 1.54) is 0 Å². The number of methoxy groups -OCH3 is 1. The molecule has 1 saturated heterocycles. The number of carboxylic acid groups (broad SMARTS) is 1. The Morgan fingerprint density at radius 2 is 2.21 bits per heavy atom. The molecule has 0 spiro atoms. The van der Waals surface area contributed by atoms with Crippen molar-refractivity contribution in [3.8, 4) is 0 Å². The molecular formula is C13H18N2O4. The first-order chi connectivity index (χ1) is 9.11. The van der Waals surface area contributed by atoms with E-state index in [9.17, 15) is 9.59 Å². The van der Waals surface area contributed by atoms with E-state index in [2.05, 4.69) is 0 Å². The van der Waals surface area contributed by atoms with Gasteiger partial charge in [0.1, 0.15) is 5.69 Å². The van der Waals surface area contributed by atoms with Crippen LogP contribution in [0, 0.1) is 5.92 Å². The lowest BCUT2D eigenvalue weighted by Crippen LogP contribution is -2.51. The number of likely N-dealkylation sites (tertiary alicyclic amines) is 1. The topological polar surface area (TPSA) is 71.8 Å². The molecule has 0 bridgehead atoms. The molecule has 0 saturated carbocycles. The standard InChI is InChI=1S/C13H18N2O4/c1-19-6-5-14-4-2-3-11(14)13(18)15-8-10(9-15)7-12(16)17/h2-4,10H,5-9H2,1H3,(H,16,17). The van der Waals surface area contributed by atoms with Gasteiger partial charge in [0.25, 0.3) is 5.91 Å². The van der Waals surface area contributed by atoms with E-state index >= 15 is 0 Å². The van der Waals surface area contributed by atoms with Crippen LogP contribution in [0.5, 0.6) is 0 Å². The van der Waals surface area contributed by atoms with Crippen molar-refractivity contribution in [1.29, 1.82) is 0 Å². The SMILES string of the molecule is COCCn1cccc1C(=O)N1CC(CC(=O)O)C1. The summed E-state index contributed by atoms with van der Waals surface area (Å²) in [4.78, 5) is 24.5. The van der Waals surface area contributed by atoms with Gasteiger partial charge in [-0.05, 0) is 12.1 Å². The first-order valence-corrected chi connectivity index (χ1v) is 6.27. The van der Waals surface area contributed by atoms with Gasteiger partial charge in [-0.15, -0.1) is 0 Å². The fourth-order valence-corrected chi connectivity index (χ4v) is 2.27. The smallest absolute Gasteiger partial charge is 0.303 e. The van der Waals surface area contributed by atoms with E-state index in [1.807, 2.05) is 16.8 Å². The molecule has 1 N–H and O–H groups in total. The third-order valence-corrected chi connectivity index (χ3v) is 3.29. The lowest BCUT2D eigenvalue weighted by molar-refractivity contribution is -0.139. The minimum atomic E-state index is -0.805. The zero-order valence-electron chi connectivity index (χ0n) is 10.9. The first-order valence-electron chi connectivity index (χ1n) is 6.27. The van der Waals surface area contributed by atoms with Crippen molar-refractivity contribution in [3.63, 3.8) is 0 Å². The highest BCUT2D eigenvalue weighted by Gasteiger charge is 2.33. The molecule has 1 aliphatic rings. The van der Waals surface area contributed by atoms with Crippen LogP contribution < -0.4 is 0 Å². The number of rotatable bonds is 6. The Bertz CT molecular complexity index is 463. The number of aliphatic carboxylic acids is 1. The van der Waals surface area contributed by atoms with Gasteiger partial charge in [0, 0.05) is 38.9 Å². The highest BCUT2D eigenvalue weighted by molar-refractivity contribution is 5.93. The predicted molar refractivity (Wildman–Crippen MR) is 68.0 cm³/mol. The van der Waals surface area contributed by atoms with Crippen LogP contribution in [0.4, 0.5) is 0 Å². The highest BCUT2D eigenvalue weighted by Crippen LogP contribution is 2.21. The average molecular weight is 266 g/mol. The van der Waals surface area contributed by atoms with Crippen LogP contribution in [0.3, 0.4) is 0 Å². The van der Waals surface area contributed by atoms with E-state index in [-0.39, 0.29) is 18.2 Å². The van der Waals surface area contributed by atoms with Gasteiger partial charge in [0.05, 0.1) is 13.0 Å². The van der Waals surface area contributed by atoms with Crippen molar-refractivity contribution >= 4 is 11.9 Å². The summed E-state index contributed by atoms with van der Waals surface area (Å²) in [6.07, 6.45) is 1.98. The van der Waals surface area contributed by atoms with Crippen LogP contribution >= 0.6 is 0 Å². The molecule has 0 radical (unpaired) electrons. The molecule has 1 amide bonds. The second kappa shape index (κ2) is 5.88. The largest absolute Gasteiger partial charge is 0.481 e.